The Kier molecular flexibility index (Phi) is 7.11. The highest BCUT2D eigenvalue weighted by Gasteiger charge is 2.26. The number of anilines is 1. The van der Waals surface area contributed by atoms with Crippen molar-refractivity contribution in [3.63, 3.8) is 0 Å². The number of pyridine rings is 1. The lowest BCUT2D eigenvalue weighted by Gasteiger charge is -2.25. The molecule has 8 nitrogen and oxygen atoms in total. The van der Waals surface area contributed by atoms with Gasteiger partial charge in [-0.25, -0.2) is 22.9 Å². The van der Waals surface area contributed by atoms with Crippen molar-refractivity contribution in [1.29, 1.82) is 0 Å². The standard InChI is InChI=1S/C20H24ClFN6O2S/c1-20(2,27-19(23)28-10-4-3-9-25-31(28)30)15-11-14(6-7-16(15)22)26-18(29)17-8-5-13(21)12-24-17/h5-8,11-12,31H,3-4,9-10H2,1-2H3,(H2,23,27)(H,26,29). The zero-order valence-electron chi connectivity index (χ0n) is 17.2. The van der Waals surface area contributed by atoms with Crippen molar-refractivity contribution in [2.75, 3.05) is 18.4 Å². The van der Waals surface area contributed by atoms with E-state index in [9.17, 15) is 13.4 Å². The third-order valence-electron chi connectivity index (χ3n) is 4.71. The fraction of sp³-hybridized carbons (Fsp3) is 0.350. The molecule has 0 fully saturated rings. The van der Waals surface area contributed by atoms with E-state index in [1.807, 2.05) is 0 Å². The summed E-state index contributed by atoms with van der Waals surface area (Å²) in [4.78, 5) is 20.8. The van der Waals surface area contributed by atoms with Gasteiger partial charge in [0.1, 0.15) is 22.3 Å². The van der Waals surface area contributed by atoms with Crippen LogP contribution in [0.1, 0.15) is 42.7 Å². The number of aliphatic imine (C=N–C) groups is 1. The molecular weight excluding hydrogens is 443 g/mol. The van der Waals surface area contributed by atoms with Crippen LogP contribution in [0.15, 0.2) is 45.9 Å². The van der Waals surface area contributed by atoms with Crippen LogP contribution in [0.2, 0.25) is 5.02 Å². The predicted molar refractivity (Wildman–Crippen MR) is 121 cm³/mol. The van der Waals surface area contributed by atoms with Gasteiger partial charge in [-0.15, -0.1) is 0 Å². The van der Waals surface area contributed by atoms with E-state index in [4.69, 9.17) is 17.3 Å². The molecule has 11 heteroatoms. The highest BCUT2D eigenvalue weighted by molar-refractivity contribution is 7.73. The van der Waals surface area contributed by atoms with Crippen LogP contribution in [-0.2, 0) is 16.3 Å². The minimum Gasteiger partial charge on any atom is -0.369 e. The van der Waals surface area contributed by atoms with Crippen LogP contribution >= 0.6 is 11.6 Å². The van der Waals surface area contributed by atoms with Gasteiger partial charge >= 0.3 is 0 Å². The third kappa shape index (κ3) is 5.71. The number of nitrogens with two attached hydrogens (primary N) is 1. The van der Waals surface area contributed by atoms with Crippen molar-refractivity contribution in [3.8, 4) is 0 Å². The second kappa shape index (κ2) is 9.61. The number of aromatic nitrogens is 1. The van der Waals surface area contributed by atoms with Gasteiger partial charge in [-0.3, -0.25) is 9.10 Å². The normalized spacial score (nSPS) is 17.6. The maximum Gasteiger partial charge on any atom is 0.274 e. The molecule has 1 aliphatic rings. The molecular formula is C20H24ClFN6O2S. The lowest BCUT2D eigenvalue weighted by Crippen LogP contribution is -2.38. The lowest BCUT2D eigenvalue weighted by molar-refractivity contribution is 0.102. The molecule has 2 aromatic rings. The van der Waals surface area contributed by atoms with E-state index in [2.05, 4.69) is 19.7 Å². The Hall–Kier alpha value is -2.72. The van der Waals surface area contributed by atoms with Crippen molar-refractivity contribution >= 4 is 39.9 Å². The molecule has 166 valence electrons. The topological polar surface area (TPSA) is 113 Å². The number of carbonyl (C=O) groups excluding carboxylic acids is 1. The van der Waals surface area contributed by atoms with Crippen molar-refractivity contribution in [2.45, 2.75) is 32.2 Å². The Balaban J connectivity index is 1.86. The molecule has 0 aliphatic carbocycles. The molecule has 1 unspecified atom stereocenters. The molecule has 0 bridgehead atoms. The Morgan fingerprint density at radius 2 is 2.10 bits per heavy atom. The molecule has 1 atom stereocenters. The molecule has 0 saturated heterocycles. The van der Waals surface area contributed by atoms with E-state index in [0.717, 1.165) is 12.8 Å². The van der Waals surface area contributed by atoms with Gasteiger partial charge in [0.15, 0.2) is 0 Å². The van der Waals surface area contributed by atoms with Gasteiger partial charge in [-0.1, -0.05) is 11.6 Å². The summed E-state index contributed by atoms with van der Waals surface area (Å²) >= 11 is 5.79. The fourth-order valence-corrected chi connectivity index (χ4v) is 4.18. The highest BCUT2D eigenvalue weighted by atomic mass is 35.5. The summed E-state index contributed by atoms with van der Waals surface area (Å²) in [6.45, 7) is 4.36. The number of rotatable bonds is 4. The summed E-state index contributed by atoms with van der Waals surface area (Å²) < 4.78 is 32.5. The van der Waals surface area contributed by atoms with Crippen LogP contribution in [-0.4, -0.2) is 38.5 Å². The molecule has 0 saturated carbocycles. The summed E-state index contributed by atoms with van der Waals surface area (Å²) in [7, 11) is -2.01. The first-order chi connectivity index (χ1) is 14.7. The van der Waals surface area contributed by atoms with E-state index in [0.29, 0.717) is 23.8 Å². The van der Waals surface area contributed by atoms with E-state index in [-0.39, 0.29) is 17.2 Å². The minimum atomic E-state index is -2.01. The Morgan fingerprint density at radius 1 is 1.32 bits per heavy atom. The molecule has 1 aromatic carbocycles. The molecule has 0 spiro atoms. The van der Waals surface area contributed by atoms with Crippen molar-refractivity contribution in [2.24, 2.45) is 15.1 Å². The first kappa shape index (κ1) is 23.0. The molecule has 3 N–H and O–H groups in total. The quantitative estimate of drug-likeness (QED) is 0.364. The summed E-state index contributed by atoms with van der Waals surface area (Å²) in [6, 6.07) is 7.23. The van der Waals surface area contributed by atoms with Gasteiger partial charge in [0, 0.05) is 30.5 Å². The van der Waals surface area contributed by atoms with E-state index >= 15 is 0 Å². The second-order valence-electron chi connectivity index (χ2n) is 7.49. The van der Waals surface area contributed by atoms with E-state index in [1.54, 1.807) is 19.9 Å². The number of nitrogens with zero attached hydrogens (tertiary/aromatic N) is 4. The minimum absolute atomic E-state index is 0.0379. The number of thiol groups is 1. The van der Waals surface area contributed by atoms with Gasteiger partial charge in [-0.05, 0) is 57.0 Å². The van der Waals surface area contributed by atoms with Crippen LogP contribution in [0.25, 0.3) is 0 Å². The molecule has 2 heterocycles. The van der Waals surface area contributed by atoms with Crippen molar-refractivity contribution in [1.82, 2.24) is 9.29 Å². The predicted octanol–water partition coefficient (Wildman–Crippen LogP) is 3.35. The number of benzene rings is 1. The lowest BCUT2D eigenvalue weighted by atomic mass is 9.94. The van der Waals surface area contributed by atoms with Crippen LogP contribution in [0.3, 0.4) is 0 Å². The first-order valence-electron chi connectivity index (χ1n) is 9.68. The monoisotopic (exact) mass is 466 g/mol. The summed E-state index contributed by atoms with van der Waals surface area (Å²) in [6.07, 6.45) is 2.98. The highest BCUT2D eigenvalue weighted by Crippen LogP contribution is 2.30. The summed E-state index contributed by atoms with van der Waals surface area (Å²) in [5.41, 5.74) is 5.79. The summed E-state index contributed by atoms with van der Waals surface area (Å²) in [5.74, 6) is -0.928. The van der Waals surface area contributed by atoms with Crippen LogP contribution in [0, 0.1) is 5.82 Å². The van der Waals surface area contributed by atoms with Gasteiger partial charge in [0.2, 0.25) is 5.96 Å². The number of amides is 1. The molecule has 3 rings (SSSR count). The maximum atomic E-state index is 14.7. The zero-order chi connectivity index (χ0) is 22.6. The largest absolute Gasteiger partial charge is 0.369 e. The number of guanidine groups is 1. The number of halogens is 2. The Labute approximate surface area is 187 Å². The van der Waals surface area contributed by atoms with Gasteiger partial charge < -0.3 is 11.1 Å². The van der Waals surface area contributed by atoms with Crippen molar-refractivity contribution in [3.05, 3.63) is 58.6 Å². The number of hydrogen-bond donors (Lipinski definition) is 3. The zero-order valence-corrected chi connectivity index (χ0v) is 18.8. The Bertz CT molecular complexity index is 1080. The molecule has 31 heavy (non-hydrogen) atoms. The van der Waals surface area contributed by atoms with Gasteiger partial charge in [0.25, 0.3) is 5.91 Å². The number of hydrogen-bond acceptors (Lipinski definition) is 5. The first-order valence-corrected chi connectivity index (χ1v) is 11.2. The Morgan fingerprint density at radius 3 is 2.81 bits per heavy atom. The number of nitrogens with one attached hydrogen (secondary N) is 1. The maximum absolute atomic E-state index is 14.7. The van der Waals surface area contributed by atoms with Crippen molar-refractivity contribution < 1.29 is 13.4 Å². The third-order valence-corrected chi connectivity index (χ3v) is 6.19. The van der Waals surface area contributed by atoms with Crippen LogP contribution in [0.5, 0.6) is 0 Å². The average Bonchev–Trinajstić information content (AvgIpc) is 2.93. The molecule has 0 radical (unpaired) electrons. The van der Waals surface area contributed by atoms with E-state index < -0.39 is 28.0 Å². The number of carbonyl (C=O) groups is 1. The second-order valence-corrected chi connectivity index (χ2v) is 9.20. The smallest absolute Gasteiger partial charge is 0.274 e. The summed E-state index contributed by atoms with van der Waals surface area (Å²) in [5, 5.41) is 3.10. The molecule has 1 aromatic heterocycles. The van der Waals surface area contributed by atoms with E-state index in [1.165, 1.54) is 34.8 Å². The average molecular weight is 467 g/mol. The SMILES string of the molecule is CC(C)(/N=C(/N)N1CCCCN=[SH]1=O)c1cc(NC(=O)c2ccc(Cl)cn2)ccc1F. The van der Waals surface area contributed by atoms with Gasteiger partial charge in [0.05, 0.1) is 10.6 Å². The van der Waals surface area contributed by atoms with Gasteiger partial charge in [-0.2, -0.15) is 0 Å². The van der Waals surface area contributed by atoms with Crippen LogP contribution < -0.4 is 11.1 Å². The molecule has 1 amide bonds. The van der Waals surface area contributed by atoms with Crippen LogP contribution in [0.4, 0.5) is 10.1 Å². The molecule has 1 aliphatic heterocycles. The fourth-order valence-electron chi connectivity index (χ4n) is 3.08.